The van der Waals surface area contributed by atoms with Crippen molar-refractivity contribution in [3.63, 3.8) is 0 Å². The van der Waals surface area contributed by atoms with Crippen molar-refractivity contribution in [3.8, 4) is 11.5 Å². The van der Waals surface area contributed by atoms with E-state index in [1.807, 2.05) is 36.4 Å². The lowest BCUT2D eigenvalue weighted by atomic mass is 10.0. The van der Waals surface area contributed by atoms with Gasteiger partial charge >= 0.3 is 0 Å². The van der Waals surface area contributed by atoms with E-state index in [0.29, 0.717) is 11.3 Å². The molecule has 3 nitrogen and oxygen atoms in total. The predicted octanol–water partition coefficient (Wildman–Crippen LogP) is 8.06. The zero-order valence-corrected chi connectivity index (χ0v) is 20.5. The molecule has 0 bridgehead atoms. The number of carbonyl (C=O) groups excluding carboxylic acids is 1. The highest BCUT2D eigenvalue weighted by molar-refractivity contribution is 6.08. The zero-order valence-electron chi connectivity index (χ0n) is 20.5. The Morgan fingerprint density at radius 1 is 0.844 bits per heavy atom. The first-order chi connectivity index (χ1) is 15.6. The van der Waals surface area contributed by atoms with Crippen molar-refractivity contribution in [1.82, 2.24) is 0 Å². The molecule has 0 spiro atoms. The van der Waals surface area contributed by atoms with Crippen LogP contribution in [0.25, 0.3) is 6.08 Å². The third-order valence-corrected chi connectivity index (χ3v) is 5.77. The molecule has 3 heteroatoms. The smallest absolute Gasteiger partial charge is 0.189 e. The molecule has 0 aliphatic heterocycles. The molecule has 2 rings (SSSR count). The summed E-state index contributed by atoms with van der Waals surface area (Å²) >= 11 is 0. The summed E-state index contributed by atoms with van der Waals surface area (Å²) in [5.41, 5.74) is 2.77. The summed E-state index contributed by atoms with van der Waals surface area (Å²) < 4.78 is 12.5. The molecule has 2 atom stereocenters. The number of aryl methyl sites for hydroxylation is 1. The number of carbonyl (C=O) groups is 1. The third kappa shape index (κ3) is 7.55. The van der Waals surface area contributed by atoms with E-state index in [1.54, 1.807) is 6.08 Å². The Labute approximate surface area is 194 Å². The molecule has 174 valence electrons. The van der Waals surface area contributed by atoms with E-state index >= 15 is 0 Å². The zero-order chi connectivity index (χ0) is 23.3. The Bertz CT molecular complexity index is 868. The van der Waals surface area contributed by atoms with Gasteiger partial charge in [-0.15, -0.1) is 0 Å². The van der Waals surface area contributed by atoms with Crippen LogP contribution in [0.1, 0.15) is 94.6 Å². The van der Waals surface area contributed by atoms with Crippen LogP contribution in [0.4, 0.5) is 0 Å². The van der Waals surface area contributed by atoms with Crippen LogP contribution in [0.5, 0.6) is 11.5 Å². The van der Waals surface area contributed by atoms with Crippen LogP contribution >= 0.6 is 0 Å². The van der Waals surface area contributed by atoms with Crippen molar-refractivity contribution in [1.29, 1.82) is 0 Å². The molecule has 0 fully saturated rings. The number of allylic oxidation sites excluding steroid dienone is 1. The van der Waals surface area contributed by atoms with E-state index in [-0.39, 0.29) is 18.0 Å². The Balaban J connectivity index is 2.28. The van der Waals surface area contributed by atoms with Gasteiger partial charge in [0.25, 0.3) is 0 Å². The molecule has 32 heavy (non-hydrogen) atoms. The van der Waals surface area contributed by atoms with Gasteiger partial charge in [-0.05, 0) is 74.1 Å². The summed E-state index contributed by atoms with van der Waals surface area (Å²) in [4.78, 5) is 13.1. The summed E-state index contributed by atoms with van der Waals surface area (Å²) in [5, 5.41) is 0. The van der Waals surface area contributed by atoms with E-state index in [9.17, 15) is 4.79 Å². The number of hydrogen-bond acceptors (Lipinski definition) is 3. The first-order valence-electron chi connectivity index (χ1n) is 12.3. The van der Waals surface area contributed by atoms with E-state index in [1.165, 1.54) is 5.56 Å². The molecule has 2 aromatic rings. The highest BCUT2D eigenvalue weighted by Gasteiger charge is 2.15. The largest absolute Gasteiger partial charge is 0.490 e. The molecule has 0 radical (unpaired) electrons. The lowest BCUT2D eigenvalue weighted by molar-refractivity contribution is 0.103. The van der Waals surface area contributed by atoms with Gasteiger partial charge in [-0.25, -0.2) is 0 Å². The monoisotopic (exact) mass is 436 g/mol. The molecule has 0 heterocycles. The summed E-state index contributed by atoms with van der Waals surface area (Å²) in [6.07, 6.45) is 10.8. The topological polar surface area (TPSA) is 35.5 Å². The quantitative estimate of drug-likeness (QED) is 0.222. The fourth-order valence-corrected chi connectivity index (χ4v) is 3.78. The second-order valence-electron chi connectivity index (χ2n) is 8.29. The molecular formula is C29H40O3. The van der Waals surface area contributed by atoms with E-state index < -0.39 is 0 Å². The van der Waals surface area contributed by atoms with Gasteiger partial charge in [0.1, 0.15) is 11.5 Å². The normalized spacial score (nSPS) is 13.2. The fraction of sp³-hybridized carbons (Fsp3) is 0.483. The van der Waals surface area contributed by atoms with Crippen LogP contribution in [-0.4, -0.2) is 18.0 Å². The second-order valence-corrected chi connectivity index (χ2v) is 8.29. The van der Waals surface area contributed by atoms with Crippen LogP contribution in [0.15, 0.2) is 48.5 Å². The lowest BCUT2D eigenvalue weighted by Crippen LogP contribution is -2.16. The van der Waals surface area contributed by atoms with Crippen molar-refractivity contribution in [2.75, 3.05) is 0 Å². The Morgan fingerprint density at radius 2 is 1.47 bits per heavy atom. The van der Waals surface area contributed by atoms with Gasteiger partial charge in [0.2, 0.25) is 0 Å². The van der Waals surface area contributed by atoms with Crippen LogP contribution in [0.3, 0.4) is 0 Å². The maximum absolute atomic E-state index is 13.1. The van der Waals surface area contributed by atoms with E-state index in [0.717, 1.165) is 56.3 Å². The minimum atomic E-state index is -0.0552. The van der Waals surface area contributed by atoms with Crippen molar-refractivity contribution in [3.05, 3.63) is 65.2 Å². The van der Waals surface area contributed by atoms with Gasteiger partial charge in [0.05, 0.1) is 17.8 Å². The molecule has 2 unspecified atom stereocenters. The van der Waals surface area contributed by atoms with Gasteiger partial charge in [-0.2, -0.15) is 0 Å². The summed E-state index contributed by atoms with van der Waals surface area (Å²) in [5.74, 6) is 1.45. The van der Waals surface area contributed by atoms with Crippen LogP contribution in [0, 0.1) is 0 Å². The molecular weight excluding hydrogens is 396 g/mol. The molecule has 0 saturated carbocycles. The highest BCUT2D eigenvalue weighted by atomic mass is 16.5. The number of rotatable bonds is 14. The SMILES string of the molecule is CCCC(CC)Oc1ccc(CC)cc1C=CC(=O)c1ccccc1OC(CC)CCC. The number of benzene rings is 2. The maximum atomic E-state index is 13.1. The van der Waals surface area contributed by atoms with Gasteiger partial charge in [0, 0.05) is 5.56 Å². The molecule has 2 aromatic carbocycles. The van der Waals surface area contributed by atoms with Crippen LogP contribution in [-0.2, 0) is 6.42 Å². The first kappa shape index (κ1) is 25.7. The molecule has 0 aliphatic carbocycles. The summed E-state index contributed by atoms with van der Waals surface area (Å²) in [7, 11) is 0. The molecule has 0 saturated heterocycles. The maximum Gasteiger partial charge on any atom is 0.189 e. The number of ketones is 1. The minimum Gasteiger partial charge on any atom is -0.490 e. The standard InChI is InChI=1S/C29H40O3/c1-6-13-24(9-4)31-28-20-17-22(8-3)21-23(28)18-19-27(30)26-15-11-12-16-29(26)32-25(10-5)14-7-2/h11-12,15-21,24-25H,6-10,13-14H2,1-5H3. The third-order valence-electron chi connectivity index (χ3n) is 5.77. The average molecular weight is 437 g/mol. The Morgan fingerprint density at radius 3 is 2.06 bits per heavy atom. The van der Waals surface area contributed by atoms with Crippen LogP contribution in [0.2, 0.25) is 0 Å². The Kier molecular flexibility index (Phi) is 11.1. The van der Waals surface area contributed by atoms with E-state index in [2.05, 4.69) is 46.8 Å². The summed E-state index contributed by atoms with van der Waals surface area (Å²) in [6.45, 7) is 10.7. The molecule has 0 aromatic heterocycles. The first-order valence-corrected chi connectivity index (χ1v) is 12.3. The van der Waals surface area contributed by atoms with Crippen LogP contribution < -0.4 is 9.47 Å². The number of ether oxygens (including phenoxy) is 2. The lowest BCUT2D eigenvalue weighted by Gasteiger charge is -2.19. The van der Waals surface area contributed by atoms with Crippen molar-refractivity contribution in [2.45, 2.75) is 91.8 Å². The van der Waals surface area contributed by atoms with E-state index in [4.69, 9.17) is 9.47 Å². The fourth-order valence-electron chi connectivity index (χ4n) is 3.78. The van der Waals surface area contributed by atoms with Crippen molar-refractivity contribution < 1.29 is 14.3 Å². The second kappa shape index (κ2) is 13.8. The molecule has 0 N–H and O–H groups in total. The number of hydrogen-bond donors (Lipinski definition) is 0. The van der Waals surface area contributed by atoms with Gasteiger partial charge < -0.3 is 9.47 Å². The molecule has 0 amide bonds. The van der Waals surface area contributed by atoms with Crippen molar-refractivity contribution in [2.24, 2.45) is 0 Å². The average Bonchev–Trinajstić information content (AvgIpc) is 2.82. The number of para-hydroxylation sites is 1. The van der Waals surface area contributed by atoms with Crippen molar-refractivity contribution >= 4 is 11.9 Å². The molecule has 0 aliphatic rings. The van der Waals surface area contributed by atoms with Gasteiger partial charge in [-0.1, -0.05) is 65.7 Å². The highest BCUT2D eigenvalue weighted by Crippen LogP contribution is 2.27. The minimum absolute atomic E-state index is 0.0552. The summed E-state index contributed by atoms with van der Waals surface area (Å²) in [6, 6.07) is 13.8. The Hall–Kier alpha value is -2.55. The predicted molar refractivity (Wildman–Crippen MR) is 135 cm³/mol. The van der Waals surface area contributed by atoms with Gasteiger partial charge in [-0.3, -0.25) is 4.79 Å². The van der Waals surface area contributed by atoms with Gasteiger partial charge in [0.15, 0.2) is 5.78 Å².